The topological polar surface area (TPSA) is 102 Å². The van der Waals surface area contributed by atoms with Gasteiger partial charge in [0.1, 0.15) is 12.6 Å². The number of carbonyl (C=O) groups is 3. The fourth-order valence-electron chi connectivity index (χ4n) is 6.38. The highest BCUT2D eigenvalue weighted by Gasteiger charge is 2.25. The van der Waals surface area contributed by atoms with Gasteiger partial charge in [-0.15, -0.1) is 0 Å². The molecule has 0 saturated heterocycles. The van der Waals surface area contributed by atoms with Crippen molar-refractivity contribution < 1.29 is 38.2 Å². The second kappa shape index (κ2) is 44.6. The number of carboxylic acids is 1. The van der Waals surface area contributed by atoms with Crippen LogP contribution < -0.4 is 5.11 Å². The monoisotopic (exact) mass is 876 g/mol. The highest BCUT2D eigenvalue weighted by Crippen LogP contribution is 2.12. The molecule has 0 saturated carbocycles. The maximum atomic E-state index is 12.8. The summed E-state index contributed by atoms with van der Waals surface area (Å²) in [6, 6.07) is -0.744. The van der Waals surface area contributed by atoms with E-state index in [1.54, 1.807) is 21.1 Å². The minimum Gasteiger partial charge on any atom is -0.544 e. The molecule has 2 unspecified atom stereocenters. The van der Waals surface area contributed by atoms with Crippen molar-refractivity contribution in [3.8, 4) is 0 Å². The van der Waals surface area contributed by atoms with Gasteiger partial charge in [0.05, 0.1) is 40.3 Å². The molecular weight excluding hydrogens is 787 g/mol. The quantitative estimate of drug-likeness (QED) is 0.0260. The van der Waals surface area contributed by atoms with E-state index in [-0.39, 0.29) is 55.5 Å². The molecule has 0 N–H and O–H groups in total. The van der Waals surface area contributed by atoms with Crippen molar-refractivity contribution in [2.45, 2.75) is 180 Å². The Morgan fingerprint density at radius 3 is 1.37 bits per heavy atom. The largest absolute Gasteiger partial charge is 0.544 e. The number of ether oxygens (including phenoxy) is 3. The molecule has 0 aliphatic carbocycles. The summed E-state index contributed by atoms with van der Waals surface area (Å²) < 4.78 is 17.1. The number of rotatable bonds is 42. The lowest BCUT2D eigenvalue weighted by molar-refractivity contribution is -0.889. The Morgan fingerprint density at radius 2 is 0.905 bits per heavy atom. The molecule has 0 spiro atoms. The molecule has 8 nitrogen and oxygen atoms in total. The maximum absolute atomic E-state index is 12.8. The molecule has 0 aromatic heterocycles. The molecule has 0 aromatic carbocycles. The number of allylic oxidation sites excluding steroid dienone is 18. The third-order valence-corrected chi connectivity index (χ3v) is 10.1. The number of esters is 2. The van der Waals surface area contributed by atoms with E-state index in [1.807, 2.05) is 0 Å². The van der Waals surface area contributed by atoms with Gasteiger partial charge < -0.3 is 28.6 Å². The van der Waals surface area contributed by atoms with Crippen molar-refractivity contribution in [1.29, 1.82) is 0 Å². The number of carbonyl (C=O) groups excluding carboxylic acids is 3. The zero-order valence-electron chi connectivity index (χ0n) is 40.4. The van der Waals surface area contributed by atoms with E-state index in [2.05, 4.69) is 123 Å². The second-order valence-corrected chi connectivity index (χ2v) is 17.0. The lowest BCUT2D eigenvalue weighted by Gasteiger charge is -2.34. The number of nitrogens with zero attached hydrogens (tertiary/aromatic N) is 1. The van der Waals surface area contributed by atoms with Gasteiger partial charge in [0, 0.05) is 19.3 Å². The summed E-state index contributed by atoms with van der Waals surface area (Å²) in [6.45, 7) is 4.43. The number of unbranched alkanes of at least 4 members (excludes halogenated alkanes) is 10. The molecule has 0 bridgehead atoms. The average Bonchev–Trinajstić information content (AvgIpc) is 3.24. The summed E-state index contributed by atoms with van der Waals surface area (Å²) in [5.41, 5.74) is 0. The van der Waals surface area contributed by atoms with E-state index in [4.69, 9.17) is 14.2 Å². The number of aliphatic carboxylic acids is 1. The first-order valence-electron chi connectivity index (χ1n) is 24.4. The van der Waals surface area contributed by atoms with Crippen LogP contribution in [0.25, 0.3) is 0 Å². The Bertz CT molecular complexity index is 1390. The lowest BCUT2D eigenvalue weighted by Crippen LogP contribution is -2.55. The van der Waals surface area contributed by atoms with Crippen LogP contribution in [-0.4, -0.2) is 75.5 Å². The molecule has 0 amide bonds. The van der Waals surface area contributed by atoms with Crippen molar-refractivity contribution in [3.05, 3.63) is 109 Å². The fraction of sp³-hybridized carbons (Fsp3) is 0.618. The average molecular weight is 876 g/mol. The highest BCUT2D eigenvalue weighted by atomic mass is 16.6. The van der Waals surface area contributed by atoms with Crippen LogP contribution in [0.5, 0.6) is 0 Å². The van der Waals surface area contributed by atoms with E-state index in [9.17, 15) is 19.5 Å². The summed E-state index contributed by atoms with van der Waals surface area (Å²) in [6.07, 6.45) is 61.2. The summed E-state index contributed by atoms with van der Waals surface area (Å²) in [5.74, 6) is -1.84. The smallest absolute Gasteiger partial charge is 0.306 e. The van der Waals surface area contributed by atoms with Crippen molar-refractivity contribution >= 4 is 17.9 Å². The number of carboxylic acid groups (broad SMARTS) is 1. The van der Waals surface area contributed by atoms with Crippen LogP contribution >= 0.6 is 0 Å². The van der Waals surface area contributed by atoms with Crippen LogP contribution in [0, 0.1) is 0 Å². The Morgan fingerprint density at radius 1 is 0.492 bits per heavy atom. The van der Waals surface area contributed by atoms with E-state index in [0.29, 0.717) is 6.42 Å². The van der Waals surface area contributed by atoms with E-state index in [1.165, 1.54) is 32.1 Å². The van der Waals surface area contributed by atoms with Gasteiger partial charge in [-0.3, -0.25) is 9.59 Å². The molecule has 0 aromatic rings. The van der Waals surface area contributed by atoms with Crippen LogP contribution in [0.2, 0.25) is 0 Å². The van der Waals surface area contributed by atoms with E-state index >= 15 is 0 Å². The number of hydrogen-bond acceptors (Lipinski definition) is 7. The standard InChI is InChI=1S/C55H89NO7/c1-6-8-10-12-14-16-18-20-22-24-25-26-27-28-30-32-34-36-38-40-42-44-46-54(58)63-51(49-61-48-47-52(55(59)60)56(3,4)5)50-62-53(57)45-43-41-39-37-35-33-31-29-23-21-19-17-15-13-11-9-7-2/h8,10,14-17,20-23,25-26,28,30-31,33,37,39,51-52H,6-7,9,11-13,18-19,24,27,29,32,34-36,38,40-50H2,1-5H3/b10-8+,16-14+,17-15+,22-20+,23-21+,26-25+,30-28+,33-31+,39-37+. The van der Waals surface area contributed by atoms with Crippen LogP contribution in [-0.2, 0) is 28.6 Å². The minimum atomic E-state index is -1.14. The molecule has 0 radical (unpaired) electrons. The zero-order valence-corrected chi connectivity index (χ0v) is 40.4. The first-order chi connectivity index (χ1) is 30.6. The van der Waals surface area contributed by atoms with Crippen LogP contribution in [0.3, 0.4) is 0 Å². The Balaban J connectivity index is 4.42. The molecule has 0 rings (SSSR count). The molecule has 0 fully saturated rings. The third kappa shape index (κ3) is 43.0. The second-order valence-electron chi connectivity index (χ2n) is 17.0. The molecule has 0 aliphatic heterocycles. The number of likely N-dealkylation sites (N-methyl/N-ethyl adjacent to an activating group) is 1. The van der Waals surface area contributed by atoms with Crippen LogP contribution in [0.4, 0.5) is 0 Å². The predicted molar refractivity (Wildman–Crippen MR) is 263 cm³/mol. The summed E-state index contributed by atoms with van der Waals surface area (Å²) in [7, 11) is 5.38. The molecule has 2 atom stereocenters. The lowest BCUT2D eigenvalue weighted by atomic mass is 10.1. The summed E-state index contributed by atoms with van der Waals surface area (Å²) >= 11 is 0. The molecule has 0 heterocycles. The fourth-order valence-corrected chi connectivity index (χ4v) is 6.38. The molecular formula is C55H89NO7. The van der Waals surface area contributed by atoms with Crippen molar-refractivity contribution in [2.24, 2.45) is 0 Å². The SMILES string of the molecule is CC/C=C/C/C=C/C/C=C/C/C=C/C/C=C/CCCCCCCCC(=O)OC(COCCC(C(=O)[O-])[N+](C)(C)C)COC(=O)CCC/C=C/C/C=C/C/C=C/C/C=C/CCCCC. The minimum absolute atomic E-state index is 0.00996. The number of hydrogen-bond donors (Lipinski definition) is 0. The first-order valence-corrected chi connectivity index (χ1v) is 24.4. The van der Waals surface area contributed by atoms with Gasteiger partial charge in [-0.25, -0.2) is 0 Å². The Hall–Kier alpha value is -4.01. The highest BCUT2D eigenvalue weighted by molar-refractivity contribution is 5.70. The van der Waals surface area contributed by atoms with Gasteiger partial charge in [0.15, 0.2) is 6.10 Å². The van der Waals surface area contributed by atoms with Gasteiger partial charge in [-0.1, -0.05) is 162 Å². The van der Waals surface area contributed by atoms with Crippen LogP contribution in [0.1, 0.15) is 168 Å². The number of quaternary nitrogens is 1. The van der Waals surface area contributed by atoms with Crippen molar-refractivity contribution in [3.63, 3.8) is 0 Å². The van der Waals surface area contributed by atoms with Crippen molar-refractivity contribution in [1.82, 2.24) is 0 Å². The predicted octanol–water partition coefficient (Wildman–Crippen LogP) is 12.7. The normalized spacial score (nSPS) is 13.9. The maximum Gasteiger partial charge on any atom is 0.306 e. The zero-order chi connectivity index (χ0) is 46.3. The van der Waals surface area contributed by atoms with Crippen molar-refractivity contribution in [2.75, 3.05) is 41.0 Å². The Kier molecular flexibility index (Phi) is 41.8. The van der Waals surface area contributed by atoms with E-state index < -0.39 is 18.1 Å². The van der Waals surface area contributed by atoms with Gasteiger partial charge >= 0.3 is 11.9 Å². The molecule has 63 heavy (non-hydrogen) atoms. The molecule has 0 aliphatic rings. The van der Waals surface area contributed by atoms with Gasteiger partial charge in [-0.2, -0.15) is 0 Å². The van der Waals surface area contributed by atoms with E-state index in [0.717, 1.165) is 96.3 Å². The van der Waals surface area contributed by atoms with Gasteiger partial charge in [0.2, 0.25) is 0 Å². The Labute approximate surface area is 385 Å². The van der Waals surface area contributed by atoms with Crippen LogP contribution in [0.15, 0.2) is 109 Å². The summed E-state index contributed by atoms with van der Waals surface area (Å²) in [5, 5.41) is 11.7. The molecule has 356 valence electrons. The first kappa shape index (κ1) is 59.0. The molecule has 8 heteroatoms. The summed E-state index contributed by atoms with van der Waals surface area (Å²) in [4.78, 5) is 37.0. The third-order valence-electron chi connectivity index (χ3n) is 10.1. The van der Waals surface area contributed by atoms with Gasteiger partial charge in [0.25, 0.3) is 0 Å². The van der Waals surface area contributed by atoms with Gasteiger partial charge in [-0.05, 0) is 96.3 Å².